The minimum atomic E-state index is -0.338. The van der Waals surface area contributed by atoms with Crippen LogP contribution in [0.2, 0.25) is 0 Å². The second-order valence-corrected chi connectivity index (χ2v) is 7.61. The van der Waals surface area contributed by atoms with Crippen molar-refractivity contribution < 1.29 is 14.3 Å². The Morgan fingerprint density at radius 1 is 1.35 bits per heavy atom. The zero-order valence-electron chi connectivity index (χ0n) is 15.4. The van der Waals surface area contributed by atoms with Crippen molar-refractivity contribution in [2.75, 3.05) is 25.5 Å². The lowest BCUT2D eigenvalue weighted by Crippen LogP contribution is -2.32. The van der Waals surface area contributed by atoms with Crippen molar-refractivity contribution in [2.24, 2.45) is 0 Å². The third kappa shape index (κ3) is 3.97. The van der Waals surface area contributed by atoms with Gasteiger partial charge in [-0.15, -0.1) is 11.3 Å². The highest BCUT2D eigenvalue weighted by atomic mass is 32.1. The Hall–Kier alpha value is -2.18. The number of esters is 1. The molecule has 0 unspecified atom stereocenters. The van der Waals surface area contributed by atoms with Gasteiger partial charge in [0.1, 0.15) is 4.88 Å². The molecule has 1 N–H and O–H groups in total. The van der Waals surface area contributed by atoms with Gasteiger partial charge in [0.25, 0.3) is 0 Å². The van der Waals surface area contributed by atoms with Crippen LogP contribution in [0.25, 0.3) is 0 Å². The Bertz CT molecular complexity index is 815. The van der Waals surface area contributed by atoms with Gasteiger partial charge < -0.3 is 10.1 Å². The Labute approximate surface area is 158 Å². The molecule has 26 heavy (non-hydrogen) atoms. The number of benzene rings is 1. The lowest BCUT2D eigenvalue weighted by molar-refractivity contribution is -0.117. The number of nitrogens with zero attached hydrogens (tertiary/aromatic N) is 1. The largest absolute Gasteiger partial charge is 0.462 e. The zero-order chi connectivity index (χ0) is 18.7. The molecule has 1 aromatic heterocycles. The first kappa shape index (κ1) is 18.6. The van der Waals surface area contributed by atoms with Crippen LogP contribution in [-0.2, 0) is 16.0 Å². The summed E-state index contributed by atoms with van der Waals surface area (Å²) in [6.45, 7) is 4.27. The van der Waals surface area contributed by atoms with Crippen molar-refractivity contribution in [2.45, 2.75) is 32.7 Å². The number of hydrogen-bond acceptors (Lipinski definition) is 5. The summed E-state index contributed by atoms with van der Waals surface area (Å²) in [7, 11) is 1.98. The van der Waals surface area contributed by atoms with E-state index in [1.165, 1.54) is 22.5 Å². The van der Waals surface area contributed by atoms with Gasteiger partial charge in [0.15, 0.2) is 0 Å². The molecule has 138 valence electrons. The quantitative estimate of drug-likeness (QED) is 0.784. The standard InChI is InChI=1S/C20H24N2O3S/c1-4-25-20(24)19-13(2)11-18(26-19)21-17(23)12-22(3)16-10-9-14-7-5-6-8-15(14)16/h5-8,11,16H,4,9-10,12H2,1-3H3,(H,21,23)/t16-/m0/s1. The van der Waals surface area contributed by atoms with Crippen molar-refractivity contribution in [1.29, 1.82) is 0 Å². The summed E-state index contributed by atoms with van der Waals surface area (Å²) in [6.07, 6.45) is 2.09. The Morgan fingerprint density at radius 3 is 2.88 bits per heavy atom. The predicted molar refractivity (Wildman–Crippen MR) is 104 cm³/mol. The molecule has 0 saturated heterocycles. The number of ether oxygens (including phenoxy) is 1. The molecule has 1 aliphatic rings. The van der Waals surface area contributed by atoms with Crippen LogP contribution in [0.15, 0.2) is 30.3 Å². The van der Waals surface area contributed by atoms with E-state index in [0.29, 0.717) is 23.0 Å². The average Bonchev–Trinajstić information content (AvgIpc) is 3.18. The van der Waals surface area contributed by atoms with Gasteiger partial charge >= 0.3 is 5.97 Å². The van der Waals surface area contributed by atoms with Crippen LogP contribution >= 0.6 is 11.3 Å². The van der Waals surface area contributed by atoms with Crippen molar-refractivity contribution >= 4 is 28.2 Å². The summed E-state index contributed by atoms with van der Waals surface area (Å²) in [4.78, 5) is 27.0. The van der Waals surface area contributed by atoms with E-state index in [4.69, 9.17) is 4.74 Å². The van der Waals surface area contributed by atoms with Crippen molar-refractivity contribution in [1.82, 2.24) is 4.90 Å². The summed E-state index contributed by atoms with van der Waals surface area (Å²) in [6, 6.07) is 10.5. The number of fused-ring (bicyclic) bond motifs is 1. The van der Waals surface area contributed by atoms with E-state index in [0.717, 1.165) is 18.4 Å². The van der Waals surface area contributed by atoms with E-state index in [1.54, 1.807) is 6.92 Å². The van der Waals surface area contributed by atoms with Crippen molar-refractivity contribution in [3.63, 3.8) is 0 Å². The fourth-order valence-electron chi connectivity index (χ4n) is 3.45. The van der Waals surface area contributed by atoms with Gasteiger partial charge in [0, 0.05) is 6.04 Å². The average molecular weight is 372 g/mol. The number of anilines is 1. The molecule has 0 spiro atoms. The lowest BCUT2D eigenvalue weighted by Gasteiger charge is -2.24. The SMILES string of the molecule is CCOC(=O)c1sc(NC(=O)CN(C)[C@H]2CCc3ccccc32)cc1C. The molecule has 1 aliphatic carbocycles. The monoisotopic (exact) mass is 372 g/mol. The molecule has 0 bridgehead atoms. The van der Waals surface area contributed by atoms with Gasteiger partial charge in [-0.2, -0.15) is 0 Å². The van der Waals surface area contributed by atoms with Gasteiger partial charge in [-0.05, 0) is 56.5 Å². The molecule has 0 saturated carbocycles. The third-order valence-corrected chi connectivity index (χ3v) is 5.80. The van der Waals surface area contributed by atoms with Crippen molar-refractivity contribution in [3.05, 3.63) is 51.9 Å². The number of aryl methyl sites for hydroxylation is 2. The number of carbonyl (C=O) groups excluding carboxylic acids is 2. The smallest absolute Gasteiger partial charge is 0.348 e. The normalized spacial score (nSPS) is 15.8. The topological polar surface area (TPSA) is 58.6 Å². The second-order valence-electron chi connectivity index (χ2n) is 6.56. The van der Waals surface area contributed by atoms with Crippen LogP contribution in [0.1, 0.15) is 45.7 Å². The zero-order valence-corrected chi connectivity index (χ0v) is 16.2. The van der Waals surface area contributed by atoms with Crippen LogP contribution in [0.3, 0.4) is 0 Å². The minimum absolute atomic E-state index is 0.0754. The number of nitrogens with one attached hydrogen (secondary N) is 1. The van der Waals surface area contributed by atoms with Crippen LogP contribution in [0.4, 0.5) is 5.00 Å². The Balaban J connectivity index is 1.61. The van der Waals surface area contributed by atoms with Crippen LogP contribution < -0.4 is 5.32 Å². The van der Waals surface area contributed by atoms with Crippen LogP contribution in [0.5, 0.6) is 0 Å². The van der Waals surface area contributed by atoms with E-state index < -0.39 is 0 Å². The number of carbonyl (C=O) groups is 2. The fourth-order valence-corrected chi connectivity index (χ4v) is 4.43. The maximum atomic E-state index is 12.4. The number of rotatable bonds is 6. The van der Waals surface area contributed by atoms with E-state index in [9.17, 15) is 9.59 Å². The maximum Gasteiger partial charge on any atom is 0.348 e. The van der Waals surface area contributed by atoms with Gasteiger partial charge in [0.05, 0.1) is 18.2 Å². The molecule has 3 rings (SSSR count). The van der Waals surface area contributed by atoms with Crippen LogP contribution in [-0.4, -0.2) is 37.0 Å². The third-order valence-electron chi connectivity index (χ3n) is 4.67. The van der Waals surface area contributed by atoms with Crippen molar-refractivity contribution in [3.8, 4) is 0 Å². The number of likely N-dealkylation sites (N-methyl/N-ethyl adjacent to an activating group) is 1. The van der Waals surface area contributed by atoms with E-state index in [-0.39, 0.29) is 17.9 Å². The summed E-state index contributed by atoms with van der Waals surface area (Å²) in [5, 5.41) is 3.59. The first-order valence-electron chi connectivity index (χ1n) is 8.85. The highest BCUT2D eigenvalue weighted by Gasteiger charge is 2.26. The minimum Gasteiger partial charge on any atom is -0.462 e. The number of thiophene rings is 1. The lowest BCUT2D eigenvalue weighted by atomic mass is 10.1. The second kappa shape index (κ2) is 8.01. The molecule has 0 radical (unpaired) electrons. The van der Waals surface area contributed by atoms with Gasteiger partial charge in [0.2, 0.25) is 5.91 Å². The first-order chi connectivity index (χ1) is 12.5. The molecule has 2 aromatic rings. The molecular formula is C20H24N2O3S. The molecule has 0 aliphatic heterocycles. The first-order valence-corrected chi connectivity index (χ1v) is 9.66. The summed E-state index contributed by atoms with van der Waals surface area (Å²) >= 11 is 1.26. The molecule has 6 heteroatoms. The molecule has 1 atom stereocenters. The molecule has 1 aromatic carbocycles. The molecule has 1 amide bonds. The summed E-state index contributed by atoms with van der Waals surface area (Å²) < 4.78 is 5.04. The fraction of sp³-hybridized carbons (Fsp3) is 0.400. The number of hydrogen-bond donors (Lipinski definition) is 1. The van der Waals surface area contributed by atoms with E-state index in [1.807, 2.05) is 20.0 Å². The number of amides is 1. The summed E-state index contributed by atoms with van der Waals surface area (Å²) in [5.74, 6) is -0.413. The van der Waals surface area contributed by atoms with Gasteiger partial charge in [-0.1, -0.05) is 24.3 Å². The van der Waals surface area contributed by atoms with Crippen LogP contribution in [0, 0.1) is 6.92 Å². The molecular weight excluding hydrogens is 348 g/mol. The summed E-state index contributed by atoms with van der Waals surface area (Å²) in [5.41, 5.74) is 3.51. The highest BCUT2D eigenvalue weighted by molar-refractivity contribution is 7.18. The molecule has 1 heterocycles. The Morgan fingerprint density at radius 2 is 2.12 bits per heavy atom. The van der Waals surface area contributed by atoms with Gasteiger partial charge in [-0.3, -0.25) is 9.69 Å². The van der Waals surface area contributed by atoms with E-state index >= 15 is 0 Å². The Kier molecular flexibility index (Phi) is 5.74. The molecule has 0 fully saturated rings. The maximum absolute atomic E-state index is 12.4. The van der Waals surface area contributed by atoms with E-state index in [2.05, 4.69) is 34.5 Å². The highest BCUT2D eigenvalue weighted by Crippen LogP contribution is 2.34. The molecule has 5 nitrogen and oxygen atoms in total. The van der Waals surface area contributed by atoms with Gasteiger partial charge in [-0.25, -0.2) is 4.79 Å². The predicted octanol–water partition coefficient (Wildman–Crippen LogP) is 3.79.